The molecule has 1 aromatic heterocycles. The van der Waals surface area contributed by atoms with Gasteiger partial charge in [0, 0.05) is 18.3 Å². The van der Waals surface area contributed by atoms with Crippen LogP contribution in [0.4, 0.5) is 10.1 Å². The Balaban J connectivity index is 2.41. The fourth-order valence-corrected chi connectivity index (χ4v) is 2.97. The Bertz CT molecular complexity index is 817. The van der Waals surface area contributed by atoms with Crippen LogP contribution in [0, 0.1) is 5.82 Å². The number of halogens is 2. The van der Waals surface area contributed by atoms with Crippen LogP contribution in [0.25, 0.3) is 0 Å². The van der Waals surface area contributed by atoms with Crippen molar-refractivity contribution in [1.82, 2.24) is 4.57 Å². The molecule has 2 rings (SSSR count). The summed E-state index contributed by atoms with van der Waals surface area (Å²) in [7, 11) is -2.73. The molecule has 2 aromatic rings. The lowest BCUT2D eigenvalue weighted by atomic mass is 10.3. The van der Waals surface area contributed by atoms with Crippen molar-refractivity contribution in [2.24, 2.45) is 7.05 Å². The van der Waals surface area contributed by atoms with E-state index in [4.69, 9.17) is 16.7 Å². The van der Waals surface area contributed by atoms with E-state index < -0.39 is 21.8 Å². The third kappa shape index (κ3) is 3.17. The van der Waals surface area contributed by atoms with Crippen LogP contribution in [-0.4, -0.2) is 24.1 Å². The van der Waals surface area contributed by atoms with Gasteiger partial charge < -0.3 is 9.67 Å². The quantitative estimate of drug-likeness (QED) is 0.899. The number of aromatic nitrogens is 1. The van der Waals surface area contributed by atoms with Crippen LogP contribution in [-0.2, 0) is 17.1 Å². The van der Waals surface area contributed by atoms with Crippen LogP contribution >= 0.6 is 11.6 Å². The molecule has 9 heteroatoms. The smallest absolute Gasteiger partial charge is 0.352 e. The number of anilines is 1. The van der Waals surface area contributed by atoms with Crippen LogP contribution in [0.3, 0.4) is 0 Å². The number of hydrogen-bond acceptors (Lipinski definition) is 3. The summed E-state index contributed by atoms with van der Waals surface area (Å²) < 4.78 is 41.0. The number of nitrogens with zero attached hydrogens (tertiary/aromatic N) is 1. The van der Waals surface area contributed by atoms with Crippen LogP contribution < -0.4 is 4.72 Å². The van der Waals surface area contributed by atoms with E-state index in [2.05, 4.69) is 0 Å². The monoisotopic (exact) mass is 332 g/mol. The summed E-state index contributed by atoms with van der Waals surface area (Å²) in [5, 5.41) is 9.06. The van der Waals surface area contributed by atoms with Gasteiger partial charge in [-0.25, -0.2) is 17.6 Å². The zero-order chi connectivity index (χ0) is 15.8. The predicted octanol–water partition coefficient (Wildman–Crippen LogP) is 2.32. The van der Waals surface area contributed by atoms with Crippen LogP contribution in [0.2, 0.25) is 5.02 Å². The summed E-state index contributed by atoms with van der Waals surface area (Å²) in [4.78, 5) is 10.6. The number of nitrogens with one attached hydrogen (secondary N) is 1. The highest BCUT2D eigenvalue weighted by Crippen LogP contribution is 2.23. The maximum atomic E-state index is 13.5. The van der Waals surface area contributed by atoms with Crippen LogP contribution in [0.5, 0.6) is 0 Å². The first kappa shape index (κ1) is 15.3. The second-order valence-corrected chi connectivity index (χ2v) is 6.33. The molecule has 0 radical (unpaired) electrons. The van der Waals surface area contributed by atoms with Gasteiger partial charge in [0.05, 0.1) is 5.69 Å². The summed E-state index contributed by atoms with van der Waals surface area (Å²) in [5.41, 5.74) is -0.523. The molecule has 21 heavy (non-hydrogen) atoms. The third-order valence-corrected chi connectivity index (χ3v) is 4.25. The molecule has 0 saturated heterocycles. The van der Waals surface area contributed by atoms with Gasteiger partial charge in [0.1, 0.15) is 16.4 Å². The molecule has 0 fully saturated rings. The molecule has 1 aromatic carbocycles. The number of sulfonamides is 1. The molecular weight excluding hydrogens is 323 g/mol. The van der Waals surface area contributed by atoms with Gasteiger partial charge in [-0.05, 0) is 24.3 Å². The summed E-state index contributed by atoms with van der Waals surface area (Å²) >= 11 is 5.68. The van der Waals surface area contributed by atoms with Crippen molar-refractivity contribution in [1.29, 1.82) is 0 Å². The first-order valence-electron chi connectivity index (χ1n) is 5.58. The highest BCUT2D eigenvalue weighted by atomic mass is 35.5. The van der Waals surface area contributed by atoms with E-state index in [1.807, 2.05) is 4.72 Å². The molecule has 112 valence electrons. The minimum Gasteiger partial charge on any atom is -0.477 e. The maximum absolute atomic E-state index is 13.5. The molecule has 0 aliphatic rings. The molecule has 0 aliphatic carbocycles. The zero-order valence-corrected chi connectivity index (χ0v) is 12.2. The summed E-state index contributed by atoms with van der Waals surface area (Å²) in [6.45, 7) is 0. The van der Waals surface area contributed by atoms with Gasteiger partial charge in [0.2, 0.25) is 0 Å². The molecule has 0 spiro atoms. The topological polar surface area (TPSA) is 88.4 Å². The van der Waals surface area contributed by atoms with Gasteiger partial charge in [-0.3, -0.25) is 4.72 Å². The fourth-order valence-electron chi connectivity index (χ4n) is 1.67. The summed E-state index contributed by atoms with van der Waals surface area (Å²) in [6, 6.07) is 4.40. The molecule has 0 bridgehead atoms. The van der Waals surface area contributed by atoms with E-state index >= 15 is 0 Å². The van der Waals surface area contributed by atoms with Crippen molar-refractivity contribution in [3.05, 3.63) is 47.0 Å². The average Bonchev–Trinajstić information content (AvgIpc) is 2.77. The number of carbonyl (C=O) groups is 1. The number of hydrogen-bond donors (Lipinski definition) is 2. The minimum absolute atomic E-state index is 0.161. The molecule has 1 heterocycles. The lowest BCUT2D eigenvalue weighted by Crippen LogP contribution is -2.13. The normalized spacial score (nSPS) is 11.4. The number of aromatic carboxylic acids is 1. The fraction of sp³-hybridized carbons (Fsp3) is 0.0833. The van der Waals surface area contributed by atoms with E-state index in [1.54, 1.807) is 0 Å². The molecule has 0 atom stereocenters. The second kappa shape index (κ2) is 5.38. The van der Waals surface area contributed by atoms with Gasteiger partial charge in [-0.15, -0.1) is 0 Å². The van der Waals surface area contributed by atoms with Crippen molar-refractivity contribution < 1.29 is 22.7 Å². The highest BCUT2D eigenvalue weighted by Gasteiger charge is 2.21. The van der Waals surface area contributed by atoms with E-state index in [1.165, 1.54) is 13.1 Å². The Morgan fingerprint density at radius 2 is 2.05 bits per heavy atom. The third-order valence-electron chi connectivity index (χ3n) is 2.68. The molecule has 0 saturated carbocycles. The van der Waals surface area contributed by atoms with E-state index in [0.717, 1.165) is 29.0 Å². The first-order chi connectivity index (χ1) is 9.70. The van der Waals surface area contributed by atoms with Crippen LogP contribution in [0.1, 0.15) is 10.5 Å². The molecule has 2 N–H and O–H groups in total. The summed E-state index contributed by atoms with van der Waals surface area (Å²) in [5.74, 6) is -2.06. The molecular formula is C12H10ClFN2O4S. The van der Waals surface area contributed by atoms with Gasteiger partial charge in [0.15, 0.2) is 0 Å². The SMILES string of the molecule is Cn1cc(S(=O)(=O)Nc2cc(Cl)ccc2F)cc1C(=O)O. The maximum Gasteiger partial charge on any atom is 0.352 e. The largest absolute Gasteiger partial charge is 0.477 e. The Morgan fingerprint density at radius 3 is 2.62 bits per heavy atom. The molecule has 6 nitrogen and oxygen atoms in total. The van der Waals surface area contributed by atoms with Crippen molar-refractivity contribution >= 4 is 33.3 Å². The number of rotatable bonds is 4. The van der Waals surface area contributed by atoms with E-state index in [9.17, 15) is 17.6 Å². The van der Waals surface area contributed by atoms with Crippen molar-refractivity contribution in [2.45, 2.75) is 4.90 Å². The standard InChI is InChI=1S/C12H10ClFN2O4S/c1-16-6-8(5-11(16)12(17)18)21(19,20)15-10-4-7(13)2-3-9(10)14/h2-6,15H,1H3,(H,17,18). The van der Waals surface area contributed by atoms with Crippen molar-refractivity contribution in [2.75, 3.05) is 4.72 Å². The lowest BCUT2D eigenvalue weighted by Gasteiger charge is -2.07. The van der Waals surface area contributed by atoms with Gasteiger partial charge >= 0.3 is 5.97 Å². The second-order valence-electron chi connectivity index (χ2n) is 4.21. The van der Waals surface area contributed by atoms with Gasteiger partial charge in [0.25, 0.3) is 10.0 Å². The zero-order valence-electron chi connectivity index (χ0n) is 10.7. The number of aryl methyl sites for hydroxylation is 1. The Labute approximate surface area is 124 Å². The minimum atomic E-state index is -4.12. The molecule has 0 amide bonds. The molecule has 0 unspecified atom stereocenters. The van der Waals surface area contributed by atoms with E-state index in [0.29, 0.717) is 0 Å². The Kier molecular flexibility index (Phi) is 3.93. The van der Waals surface area contributed by atoms with E-state index in [-0.39, 0.29) is 21.3 Å². The number of carboxylic acid groups (broad SMARTS) is 1. The molecule has 0 aliphatic heterocycles. The van der Waals surface area contributed by atoms with Gasteiger partial charge in [-0.1, -0.05) is 11.6 Å². The average molecular weight is 333 g/mol. The van der Waals surface area contributed by atoms with Gasteiger partial charge in [-0.2, -0.15) is 0 Å². The van der Waals surface area contributed by atoms with Crippen LogP contribution in [0.15, 0.2) is 35.4 Å². The Morgan fingerprint density at radius 1 is 1.38 bits per heavy atom. The predicted molar refractivity (Wildman–Crippen MR) is 74.6 cm³/mol. The highest BCUT2D eigenvalue weighted by molar-refractivity contribution is 7.92. The number of carboxylic acids is 1. The first-order valence-corrected chi connectivity index (χ1v) is 7.44. The summed E-state index contributed by atoms with van der Waals surface area (Å²) in [6.07, 6.45) is 1.12. The number of benzene rings is 1. The van der Waals surface area contributed by atoms with Crippen molar-refractivity contribution in [3.8, 4) is 0 Å². The lowest BCUT2D eigenvalue weighted by molar-refractivity contribution is 0.0686. The van der Waals surface area contributed by atoms with Crippen molar-refractivity contribution in [3.63, 3.8) is 0 Å². The Hall–Kier alpha value is -2.06.